The van der Waals surface area contributed by atoms with Crippen molar-refractivity contribution in [1.82, 2.24) is 0 Å². The van der Waals surface area contributed by atoms with Gasteiger partial charge in [0.05, 0.1) is 6.26 Å². The van der Waals surface area contributed by atoms with Crippen LogP contribution in [0.5, 0.6) is 5.75 Å². The van der Waals surface area contributed by atoms with Crippen molar-refractivity contribution in [2.75, 3.05) is 17.6 Å². The summed E-state index contributed by atoms with van der Waals surface area (Å²) in [4.78, 5) is 23.5. The molecule has 0 amide bonds. The van der Waals surface area contributed by atoms with E-state index in [4.69, 9.17) is 9.15 Å². The lowest BCUT2D eigenvalue weighted by molar-refractivity contribution is 0.0921. The first kappa shape index (κ1) is 17.7. The topological polar surface area (TPSA) is 103 Å². The molecule has 1 N–H and O–H groups in total. The molecular formula is C18H15NO6S. The fraction of sp³-hybridized carbons (Fsp3) is 0.111. The molecule has 0 unspecified atom stereocenters. The molecule has 0 bridgehead atoms. The van der Waals surface area contributed by atoms with Gasteiger partial charge in [0.2, 0.25) is 10.0 Å². The number of anilines is 1. The summed E-state index contributed by atoms with van der Waals surface area (Å²) >= 11 is 0. The van der Waals surface area contributed by atoms with Gasteiger partial charge in [-0.25, -0.2) is 13.2 Å². The lowest BCUT2D eigenvalue weighted by atomic mass is 10.1. The molecule has 0 radical (unpaired) electrons. The van der Waals surface area contributed by atoms with Crippen LogP contribution in [0.25, 0.3) is 11.0 Å². The van der Waals surface area contributed by atoms with Gasteiger partial charge < -0.3 is 9.15 Å². The van der Waals surface area contributed by atoms with Gasteiger partial charge >= 0.3 is 5.63 Å². The van der Waals surface area contributed by atoms with E-state index in [0.29, 0.717) is 22.6 Å². The van der Waals surface area contributed by atoms with Crippen LogP contribution in [-0.2, 0) is 10.0 Å². The minimum Gasteiger partial charge on any atom is -0.485 e. The maximum atomic E-state index is 12.2. The maximum absolute atomic E-state index is 12.2. The fourth-order valence-corrected chi connectivity index (χ4v) is 2.87. The lowest BCUT2D eigenvalue weighted by Crippen LogP contribution is -2.12. The molecular weight excluding hydrogens is 358 g/mol. The van der Waals surface area contributed by atoms with Gasteiger partial charge in [0.25, 0.3) is 0 Å². The number of hydrogen-bond acceptors (Lipinski definition) is 6. The highest BCUT2D eigenvalue weighted by Gasteiger charge is 2.09. The van der Waals surface area contributed by atoms with Crippen molar-refractivity contribution in [3.63, 3.8) is 0 Å². The van der Waals surface area contributed by atoms with Crippen molar-refractivity contribution in [2.45, 2.75) is 0 Å². The Morgan fingerprint density at radius 2 is 1.77 bits per heavy atom. The summed E-state index contributed by atoms with van der Waals surface area (Å²) in [7, 11) is -3.37. The molecule has 0 atom stereocenters. The van der Waals surface area contributed by atoms with Crippen molar-refractivity contribution in [3.8, 4) is 5.75 Å². The molecule has 8 heteroatoms. The van der Waals surface area contributed by atoms with E-state index in [2.05, 4.69) is 4.72 Å². The molecule has 3 rings (SSSR count). The number of nitrogens with one attached hydrogen (secondary N) is 1. The monoisotopic (exact) mass is 373 g/mol. The molecule has 0 fully saturated rings. The third-order valence-corrected chi connectivity index (χ3v) is 4.08. The van der Waals surface area contributed by atoms with Crippen LogP contribution in [-0.4, -0.2) is 27.1 Å². The highest BCUT2D eigenvalue weighted by molar-refractivity contribution is 7.92. The van der Waals surface area contributed by atoms with E-state index in [9.17, 15) is 18.0 Å². The predicted octanol–water partition coefficient (Wildman–Crippen LogP) is 2.43. The molecule has 0 aliphatic rings. The first-order valence-corrected chi connectivity index (χ1v) is 9.47. The summed E-state index contributed by atoms with van der Waals surface area (Å²) in [6, 6.07) is 13.9. The summed E-state index contributed by atoms with van der Waals surface area (Å²) in [6.45, 7) is -0.207. The van der Waals surface area contributed by atoms with E-state index in [1.165, 1.54) is 30.3 Å². The standard InChI is InChI=1S/C18H15NO6S/c1-26(22,23)19-14-6-2-12(3-7-14)16(20)11-24-15-8-4-13-5-9-18(21)25-17(13)10-15/h2-10,19H,11H2,1H3. The number of carbonyl (C=O) groups excluding carboxylic acids is 1. The average Bonchev–Trinajstić information content (AvgIpc) is 2.58. The Balaban J connectivity index is 1.67. The Morgan fingerprint density at radius 1 is 1.08 bits per heavy atom. The van der Waals surface area contributed by atoms with Crippen molar-refractivity contribution < 1.29 is 22.4 Å². The molecule has 7 nitrogen and oxygen atoms in total. The highest BCUT2D eigenvalue weighted by atomic mass is 32.2. The van der Waals surface area contributed by atoms with Crippen LogP contribution in [0.1, 0.15) is 10.4 Å². The molecule has 3 aromatic rings. The van der Waals surface area contributed by atoms with Gasteiger partial charge in [-0.15, -0.1) is 0 Å². The van der Waals surface area contributed by atoms with E-state index >= 15 is 0 Å². The Labute approximate surface area is 149 Å². The smallest absolute Gasteiger partial charge is 0.336 e. The molecule has 1 aromatic heterocycles. The minimum atomic E-state index is -3.37. The number of carbonyl (C=O) groups is 1. The Bertz CT molecular complexity index is 1120. The third kappa shape index (κ3) is 4.48. The van der Waals surface area contributed by atoms with Crippen LogP contribution in [0.3, 0.4) is 0 Å². The molecule has 0 spiro atoms. The van der Waals surface area contributed by atoms with Gasteiger partial charge in [-0.3, -0.25) is 9.52 Å². The van der Waals surface area contributed by atoms with Gasteiger partial charge in [0, 0.05) is 28.8 Å². The quantitative estimate of drug-likeness (QED) is 0.526. The maximum Gasteiger partial charge on any atom is 0.336 e. The minimum absolute atomic E-state index is 0.207. The second-order valence-electron chi connectivity index (χ2n) is 5.62. The number of fused-ring (bicyclic) bond motifs is 1. The molecule has 0 saturated heterocycles. The Morgan fingerprint density at radius 3 is 2.46 bits per heavy atom. The number of Topliss-reactive ketones (excluding diaryl/α,β-unsaturated/α-hetero) is 1. The molecule has 0 saturated carbocycles. The first-order valence-electron chi connectivity index (χ1n) is 7.58. The first-order chi connectivity index (χ1) is 12.3. The Hall–Kier alpha value is -3.13. The summed E-state index contributed by atoms with van der Waals surface area (Å²) < 4.78 is 35.2. The van der Waals surface area contributed by atoms with Crippen molar-refractivity contribution in [3.05, 3.63) is 70.6 Å². The summed E-state index contributed by atoms with van der Waals surface area (Å²) in [5.74, 6) is 0.126. The number of rotatable bonds is 6. The van der Waals surface area contributed by atoms with Gasteiger partial charge in [0.15, 0.2) is 12.4 Å². The van der Waals surface area contributed by atoms with Crippen molar-refractivity contribution >= 4 is 32.5 Å². The molecule has 134 valence electrons. The highest BCUT2D eigenvalue weighted by Crippen LogP contribution is 2.20. The van der Waals surface area contributed by atoms with Gasteiger partial charge in [0.1, 0.15) is 11.3 Å². The third-order valence-electron chi connectivity index (χ3n) is 3.47. The summed E-state index contributed by atoms with van der Waals surface area (Å²) in [6.07, 6.45) is 1.05. The average molecular weight is 373 g/mol. The zero-order chi connectivity index (χ0) is 18.7. The lowest BCUT2D eigenvalue weighted by Gasteiger charge is -2.07. The zero-order valence-corrected chi connectivity index (χ0v) is 14.6. The van der Waals surface area contributed by atoms with Crippen LogP contribution >= 0.6 is 0 Å². The number of hydrogen-bond donors (Lipinski definition) is 1. The summed E-state index contributed by atoms with van der Waals surface area (Å²) in [5.41, 5.74) is 0.665. The molecule has 2 aromatic carbocycles. The second-order valence-corrected chi connectivity index (χ2v) is 7.37. The number of ketones is 1. The van der Waals surface area contributed by atoms with Crippen molar-refractivity contribution in [1.29, 1.82) is 0 Å². The number of ether oxygens (including phenoxy) is 1. The zero-order valence-electron chi connectivity index (χ0n) is 13.8. The molecule has 26 heavy (non-hydrogen) atoms. The van der Waals surface area contributed by atoms with Crippen LogP contribution in [0.15, 0.2) is 63.8 Å². The second kappa shape index (κ2) is 7.01. The van der Waals surface area contributed by atoms with E-state index < -0.39 is 15.6 Å². The van der Waals surface area contributed by atoms with Crippen LogP contribution in [0.4, 0.5) is 5.69 Å². The fourth-order valence-electron chi connectivity index (χ4n) is 2.30. The van der Waals surface area contributed by atoms with E-state index in [1.54, 1.807) is 24.3 Å². The van der Waals surface area contributed by atoms with Gasteiger partial charge in [-0.2, -0.15) is 0 Å². The SMILES string of the molecule is CS(=O)(=O)Nc1ccc(C(=O)COc2ccc3ccc(=O)oc3c2)cc1. The van der Waals surface area contributed by atoms with Gasteiger partial charge in [-0.05, 0) is 42.5 Å². The molecule has 0 aliphatic carbocycles. The molecule has 0 aliphatic heterocycles. The number of benzene rings is 2. The largest absolute Gasteiger partial charge is 0.485 e. The molecule has 1 heterocycles. The van der Waals surface area contributed by atoms with Crippen LogP contribution < -0.4 is 15.1 Å². The van der Waals surface area contributed by atoms with Gasteiger partial charge in [-0.1, -0.05) is 0 Å². The van der Waals surface area contributed by atoms with E-state index in [-0.39, 0.29) is 12.4 Å². The Kier molecular flexibility index (Phi) is 4.77. The van der Waals surface area contributed by atoms with Crippen LogP contribution in [0.2, 0.25) is 0 Å². The van der Waals surface area contributed by atoms with E-state index in [0.717, 1.165) is 11.6 Å². The number of sulfonamides is 1. The normalized spacial score (nSPS) is 11.3. The van der Waals surface area contributed by atoms with Crippen molar-refractivity contribution in [2.24, 2.45) is 0 Å². The summed E-state index contributed by atoms with van der Waals surface area (Å²) in [5, 5.41) is 0.747. The predicted molar refractivity (Wildman–Crippen MR) is 97.2 cm³/mol. The van der Waals surface area contributed by atoms with E-state index in [1.807, 2.05) is 0 Å². The van der Waals surface area contributed by atoms with Crippen LogP contribution in [0, 0.1) is 0 Å².